The number of terminal acetylenes is 1. The summed E-state index contributed by atoms with van der Waals surface area (Å²) in [5, 5.41) is 0. The third-order valence-corrected chi connectivity index (χ3v) is 3.40. The summed E-state index contributed by atoms with van der Waals surface area (Å²) in [5.41, 5.74) is 0.956. The molecule has 1 aromatic carbocycles. The highest BCUT2D eigenvalue weighted by Crippen LogP contribution is 2.08. The summed E-state index contributed by atoms with van der Waals surface area (Å²) in [6.45, 7) is 1.84. The SMILES string of the molecule is C#CCCCI.Cc1ccc(S(=O)(=O)O)cc1. The molecule has 0 bridgehead atoms. The maximum absolute atomic E-state index is 10.5. The van der Waals surface area contributed by atoms with Crippen molar-refractivity contribution in [2.45, 2.75) is 24.7 Å². The average molecular weight is 366 g/mol. The number of halogens is 1. The van der Waals surface area contributed by atoms with Crippen LogP contribution in [-0.4, -0.2) is 17.4 Å². The molecular formula is C12H15IO3S. The van der Waals surface area contributed by atoms with Crippen LogP contribution in [0.5, 0.6) is 0 Å². The number of rotatable bonds is 3. The Balaban J connectivity index is 0.000000366. The first-order valence-corrected chi connectivity index (χ1v) is 7.92. The molecule has 3 nitrogen and oxygen atoms in total. The summed E-state index contributed by atoms with van der Waals surface area (Å²) in [7, 11) is -4.02. The van der Waals surface area contributed by atoms with E-state index in [4.69, 9.17) is 11.0 Å². The number of aryl methyl sites for hydroxylation is 1. The maximum Gasteiger partial charge on any atom is 0.294 e. The topological polar surface area (TPSA) is 54.4 Å². The first-order valence-electron chi connectivity index (χ1n) is 4.95. The Morgan fingerprint density at radius 2 is 1.88 bits per heavy atom. The summed E-state index contributed by atoms with van der Waals surface area (Å²) >= 11 is 2.32. The van der Waals surface area contributed by atoms with Gasteiger partial charge in [-0.25, -0.2) is 0 Å². The van der Waals surface area contributed by atoms with Crippen LogP contribution in [0.15, 0.2) is 29.2 Å². The zero-order valence-electron chi connectivity index (χ0n) is 9.56. The van der Waals surface area contributed by atoms with Gasteiger partial charge in [0.25, 0.3) is 10.1 Å². The van der Waals surface area contributed by atoms with Crippen LogP contribution in [0, 0.1) is 19.3 Å². The molecule has 94 valence electrons. The second kappa shape index (κ2) is 8.50. The lowest BCUT2D eigenvalue weighted by Crippen LogP contribution is -1.96. The van der Waals surface area contributed by atoms with Crippen molar-refractivity contribution in [1.82, 2.24) is 0 Å². The van der Waals surface area contributed by atoms with Crippen LogP contribution in [0.4, 0.5) is 0 Å². The summed E-state index contributed by atoms with van der Waals surface area (Å²) in [4.78, 5) is -0.0666. The Morgan fingerprint density at radius 3 is 2.18 bits per heavy atom. The molecule has 0 unspecified atom stereocenters. The van der Waals surface area contributed by atoms with Crippen molar-refractivity contribution in [3.05, 3.63) is 29.8 Å². The predicted molar refractivity (Wildman–Crippen MR) is 77.9 cm³/mol. The monoisotopic (exact) mass is 366 g/mol. The zero-order valence-corrected chi connectivity index (χ0v) is 12.5. The van der Waals surface area contributed by atoms with E-state index in [1.807, 2.05) is 6.92 Å². The van der Waals surface area contributed by atoms with Gasteiger partial charge in [0.15, 0.2) is 0 Å². The lowest BCUT2D eigenvalue weighted by molar-refractivity contribution is 0.483. The smallest absolute Gasteiger partial charge is 0.282 e. The fourth-order valence-corrected chi connectivity index (χ4v) is 1.74. The number of hydrogen-bond donors (Lipinski definition) is 1. The van der Waals surface area contributed by atoms with Crippen LogP contribution in [0.25, 0.3) is 0 Å². The van der Waals surface area contributed by atoms with Crippen molar-refractivity contribution in [1.29, 1.82) is 0 Å². The van der Waals surface area contributed by atoms with Gasteiger partial charge in [0.2, 0.25) is 0 Å². The third-order valence-electron chi connectivity index (χ3n) is 1.77. The molecule has 0 amide bonds. The van der Waals surface area contributed by atoms with Crippen LogP contribution in [-0.2, 0) is 10.1 Å². The van der Waals surface area contributed by atoms with E-state index in [1.54, 1.807) is 12.1 Å². The summed E-state index contributed by atoms with van der Waals surface area (Å²) in [5.74, 6) is 2.56. The van der Waals surface area contributed by atoms with Crippen LogP contribution < -0.4 is 0 Å². The largest absolute Gasteiger partial charge is 0.294 e. The van der Waals surface area contributed by atoms with Crippen molar-refractivity contribution in [3.63, 3.8) is 0 Å². The summed E-state index contributed by atoms with van der Waals surface area (Å²) in [6.07, 6.45) is 7.06. The molecule has 0 fully saturated rings. The van der Waals surface area contributed by atoms with Gasteiger partial charge in [-0.15, -0.1) is 12.3 Å². The van der Waals surface area contributed by atoms with E-state index in [2.05, 4.69) is 28.5 Å². The maximum atomic E-state index is 10.5. The molecular weight excluding hydrogens is 351 g/mol. The van der Waals surface area contributed by atoms with Crippen molar-refractivity contribution < 1.29 is 13.0 Å². The van der Waals surface area contributed by atoms with Gasteiger partial charge in [0.05, 0.1) is 4.90 Å². The van der Waals surface area contributed by atoms with Gasteiger partial charge < -0.3 is 0 Å². The molecule has 0 heterocycles. The number of unbranched alkanes of at least 4 members (excludes halogenated alkanes) is 1. The van der Waals surface area contributed by atoms with Crippen LogP contribution >= 0.6 is 22.6 Å². The van der Waals surface area contributed by atoms with Crippen LogP contribution in [0.1, 0.15) is 18.4 Å². The lowest BCUT2D eigenvalue weighted by atomic mass is 10.2. The first-order chi connectivity index (χ1) is 7.91. The van der Waals surface area contributed by atoms with Gasteiger partial charge in [-0.3, -0.25) is 4.55 Å². The van der Waals surface area contributed by atoms with E-state index < -0.39 is 10.1 Å². The Morgan fingerprint density at radius 1 is 1.35 bits per heavy atom. The van der Waals surface area contributed by atoms with E-state index in [-0.39, 0.29) is 4.90 Å². The van der Waals surface area contributed by atoms with Crippen molar-refractivity contribution in [3.8, 4) is 12.3 Å². The molecule has 0 aliphatic rings. The Bertz CT molecular complexity index is 458. The lowest BCUT2D eigenvalue weighted by Gasteiger charge is -1.95. The van der Waals surface area contributed by atoms with Crippen LogP contribution in [0.2, 0.25) is 0 Å². The van der Waals surface area contributed by atoms with E-state index in [0.717, 1.165) is 18.4 Å². The highest BCUT2D eigenvalue weighted by atomic mass is 127. The zero-order chi connectivity index (χ0) is 13.3. The molecule has 0 saturated carbocycles. The molecule has 1 N–H and O–H groups in total. The Labute approximate surface area is 117 Å². The number of benzene rings is 1. The van der Waals surface area contributed by atoms with Crippen molar-refractivity contribution >= 4 is 32.7 Å². The quantitative estimate of drug-likeness (QED) is 0.294. The van der Waals surface area contributed by atoms with Crippen molar-refractivity contribution in [2.75, 3.05) is 4.43 Å². The van der Waals surface area contributed by atoms with Gasteiger partial charge in [-0.05, 0) is 25.5 Å². The van der Waals surface area contributed by atoms with Gasteiger partial charge >= 0.3 is 0 Å². The summed E-state index contributed by atoms with van der Waals surface area (Å²) < 4.78 is 30.7. The van der Waals surface area contributed by atoms with E-state index in [0.29, 0.717) is 0 Å². The minimum absolute atomic E-state index is 0.0666. The van der Waals surface area contributed by atoms with Gasteiger partial charge in [0.1, 0.15) is 0 Å². The molecule has 0 aliphatic heterocycles. The summed E-state index contributed by atoms with van der Waals surface area (Å²) in [6, 6.07) is 5.99. The Hall–Kier alpha value is -0.580. The molecule has 0 aliphatic carbocycles. The average Bonchev–Trinajstić information content (AvgIpc) is 2.26. The fourth-order valence-electron chi connectivity index (χ4n) is 0.879. The first kappa shape index (κ1) is 16.4. The molecule has 1 aromatic rings. The van der Waals surface area contributed by atoms with Gasteiger partial charge in [0, 0.05) is 10.8 Å². The second-order valence-electron chi connectivity index (χ2n) is 3.28. The van der Waals surface area contributed by atoms with E-state index in [9.17, 15) is 8.42 Å². The third kappa shape index (κ3) is 8.18. The molecule has 0 atom stereocenters. The molecule has 5 heteroatoms. The molecule has 0 aromatic heterocycles. The second-order valence-corrected chi connectivity index (χ2v) is 5.79. The number of alkyl halides is 1. The van der Waals surface area contributed by atoms with E-state index in [1.165, 1.54) is 16.6 Å². The highest BCUT2D eigenvalue weighted by molar-refractivity contribution is 14.1. The molecule has 1 rings (SSSR count). The molecule has 0 saturated heterocycles. The van der Waals surface area contributed by atoms with Crippen molar-refractivity contribution in [2.24, 2.45) is 0 Å². The minimum Gasteiger partial charge on any atom is -0.282 e. The minimum atomic E-state index is -4.02. The van der Waals surface area contributed by atoms with E-state index >= 15 is 0 Å². The Kier molecular flexibility index (Phi) is 8.21. The van der Waals surface area contributed by atoms with Gasteiger partial charge in [-0.2, -0.15) is 8.42 Å². The standard InChI is InChI=1S/C7H8O3S.C5H7I/c1-6-2-4-7(5-3-6)11(8,9)10;1-2-3-4-5-6/h2-5H,1H3,(H,8,9,10);1H,3-5H2. The fraction of sp³-hybridized carbons (Fsp3) is 0.333. The highest BCUT2D eigenvalue weighted by Gasteiger charge is 2.06. The molecule has 0 radical (unpaired) electrons. The van der Waals surface area contributed by atoms with Gasteiger partial charge in [-0.1, -0.05) is 40.3 Å². The normalized spacial score (nSPS) is 10.0. The molecule has 17 heavy (non-hydrogen) atoms. The molecule has 0 spiro atoms. The predicted octanol–water partition coefficient (Wildman–Crippen LogP) is 3.08. The van der Waals surface area contributed by atoms with Crippen LogP contribution in [0.3, 0.4) is 0 Å². The number of hydrogen-bond acceptors (Lipinski definition) is 2.